The summed E-state index contributed by atoms with van der Waals surface area (Å²) < 4.78 is 0. The van der Waals surface area contributed by atoms with Crippen LogP contribution >= 0.6 is 11.6 Å². The average Bonchev–Trinajstić information content (AvgIpc) is 3.28. The minimum atomic E-state index is -0.548. The predicted octanol–water partition coefficient (Wildman–Crippen LogP) is 4.40. The summed E-state index contributed by atoms with van der Waals surface area (Å²) >= 11 is 5.95. The fraction of sp³-hybridized carbons (Fsp3) is 0.308. The van der Waals surface area contributed by atoms with Gasteiger partial charge in [0, 0.05) is 48.7 Å². The molecule has 2 heterocycles. The zero-order chi connectivity index (χ0) is 22.5. The van der Waals surface area contributed by atoms with E-state index in [1.807, 2.05) is 67.7 Å². The first-order valence-corrected chi connectivity index (χ1v) is 11.3. The van der Waals surface area contributed by atoms with Crippen LogP contribution in [0.25, 0.3) is 0 Å². The van der Waals surface area contributed by atoms with E-state index >= 15 is 0 Å². The molecule has 5 nitrogen and oxygen atoms in total. The summed E-state index contributed by atoms with van der Waals surface area (Å²) in [4.78, 5) is 18.5. The maximum Gasteiger partial charge on any atom is 0.253 e. The highest BCUT2D eigenvalue weighted by Crippen LogP contribution is 2.27. The van der Waals surface area contributed by atoms with Crippen LogP contribution in [0.2, 0.25) is 5.02 Å². The maximum absolute atomic E-state index is 12.7. The predicted molar refractivity (Wildman–Crippen MR) is 127 cm³/mol. The van der Waals surface area contributed by atoms with Gasteiger partial charge in [-0.15, -0.1) is 0 Å². The summed E-state index contributed by atoms with van der Waals surface area (Å²) in [5.74, 6) is -0.00138. The van der Waals surface area contributed by atoms with E-state index < -0.39 is 6.10 Å². The van der Waals surface area contributed by atoms with Gasteiger partial charge in [0.2, 0.25) is 0 Å². The molecular weight excluding hydrogens is 422 g/mol. The number of carbonyl (C=O) groups is 1. The number of hydrogen-bond donors (Lipinski definition) is 2. The fourth-order valence-electron chi connectivity index (χ4n) is 4.27. The second-order valence-corrected chi connectivity index (χ2v) is 8.90. The van der Waals surface area contributed by atoms with Crippen molar-refractivity contribution in [3.8, 4) is 0 Å². The number of benzene rings is 2. The minimum absolute atomic E-state index is 0.00138. The zero-order valence-electron chi connectivity index (χ0n) is 18.1. The quantitative estimate of drug-likeness (QED) is 0.561. The summed E-state index contributed by atoms with van der Waals surface area (Å²) in [5.41, 5.74) is 3.79. The van der Waals surface area contributed by atoms with Crippen LogP contribution < -0.4 is 5.32 Å². The summed E-state index contributed by atoms with van der Waals surface area (Å²) in [6.45, 7) is 0.548. The van der Waals surface area contributed by atoms with Gasteiger partial charge in [0.25, 0.3) is 5.91 Å². The number of nitrogens with zero attached hydrogens (tertiary/aromatic N) is 2. The number of aromatic nitrogens is 1. The Morgan fingerprint density at radius 2 is 1.75 bits per heavy atom. The monoisotopic (exact) mass is 449 g/mol. The van der Waals surface area contributed by atoms with Crippen molar-refractivity contribution in [3.05, 3.63) is 100 Å². The highest BCUT2D eigenvalue weighted by molar-refractivity contribution is 6.30. The third-order valence-electron chi connectivity index (χ3n) is 6.07. The van der Waals surface area contributed by atoms with E-state index in [0.29, 0.717) is 23.2 Å². The van der Waals surface area contributed by atoms with Gasteiger partial charge >= 0.3 is 0 Å². The Labute approximate surface area is 194 Å². The van der Waals surface area contributed by atoms with Gasteiger partial charge in [0.1, 0.15) is 0 Å². The highest BCUT2D eigenvalue weighted by atomic mass is 35.5. The Hall–Kier alpha value is -2.73. The van der Waals surface area contributed by atoms with Crippen molar-refractivity contribution in [3.63, 3.8) is 0 Å². The molecule has 3 atom stereocenters. The lowest BCUT2D eigenvalue weighted by Gasteiger charge is -2.21. The van der Waals surface area contributed by atoms with Crippen LogP contribution in [0.5, 0.6) is 0 Å². The van der Waals surface area contributed by atoms with Crippen molar-refractivity contribution in [2.75, 3.05) is 7.05 Å². The van der Waals surface area contributed by atoms with E-state index in [0.717, 1.165) is 30.4 Å². The van der Waals surface area contributed by atoms with Crippen molar-refractivity contribution >= 4 is 17.5 Å². The smallest absolute Gasteiger partial charge is 0.253 e. The molecule has 1 aliphatic heterocycles. The lowest BCUT2D eigenvalue weighted by molar-refractivity contribution is 0.0785. The first-order chi connectivity index (χ1) is 15.5. The van der Waals surface area contributed by atoms with Crippen LogP contribution in [0, 0.1) is 0 Å². The molecule has 0 aliphatic carbocycles. The molecule has 32 heavy (non-hydrogen) atoms. The number of nitrogens with one attached hydrogen (secondary N) is 1. The largest absolute Gasteiger partial charge is 0.387 e. The molecule has 2 N–H and O–H groups in total. The molecule has 0 spiro atoms. The van der Waals surface area contributed by atoms with Crippen molar-refractivity contribution in [1.82, 2.24) is 15.2 Å². The Morgan fingerprint density at radius 3 is 2.44 bits per heavy atom. The number of rotatable bonds is 7. The van der Waals surface area contributed by atoms with E-state index in [1.165, 1.54) is 5.56 Å². The number of halogens is 1. The van der Waals surface area contributed by atoms with Gasteiger partial charge < -0.3 is 15.3 Å². The molecule has 4 rings (SSSR count). The maximum atomic E-state index is 12.7. The van der Waals surface area contributed by atoms with Gasteiger partial charge in [-0.05, 0) is 72.4 Å². The standard InChI is InChI=1S/C26H28ClN3O2/c1-30(17-19-12-14-28-15-13-19)26(32)21-4-2-18(3-5-21)16-23-10-11-24(29-23)25(31)20-6-8-22(27)9-7-20/h2-9,12-15,23-25,29,31H,10-11,16-17H2,1H3/t23-,24+,25+/m0/s1. The third-order valence-corrected chi connectivity index (χ3v) is 6.32. The number of aliphatic hydroxyl groups excluding tert-OH is 1. The summed E-state index contributed by atoms with van der Waals surface area (Å²) in [7, 11) is 1.81. The van der Waals surface area contributed by atoms with Gasteiger partial charge in [-0.1, -0.05) is 35.9 Å². The van der Waals surface area contributed by atoms with E-state index in [4.69, 9.17) is 11.6 Å². The molecule has 166 valence electrons. The van der Waals surface area contributed by atoms with Gasteiger partial charge in [0.15, 0.2) is 0 Å². The summed E-state index contributed by atoms with van der Waals surface area (Å²) in [6.07, 6.45) is 5.71. The molecule has 2 aromatic carbocycles. The van der Waals surface area contributed by atoms with E-state index in [9.17, 15) is 9.90 Å². The van der Waals surface area contributed by atoms with Crippen LogP contribution in [0.4, 0.5) is 0 Å². The second kappa shape index (κ2) is 10.3. The number of aliphatic hydroxyl groups is 1. The average molecular weight is 450 g/mol. The number of amides is 1. The fourth-order valence-corrected chi connectivity index (χ4v) is 4.40. The zero-order valence-corrected chi connectivity index (χ0v) is 18.9. The van der Waals surface area contributed by atoms with Gasteiger partial charge in [0.05, 0.1) is 6.10 Å². The Morgan fingerprint density at radius 1 is 1.06 bits per heavy atom. The van der Waals surface area contributed by atoms with Gasteiger partial charge in [-0.2, -0.15) is 0 Å². The second-order valence-electron chi connectivity index (χ2n) is 8.46. The number of carbonyl (C=O) groups excluding carboxylic acids is 1. The summed E-state index contributed by atoms with van der Waals surface area (Å²) in [5, 5.41) is 14.9. The Kier molecular flexibility index (Phi) is 7.20. The Balaban J connectivity index is 1.31. The topological polar surface area (TPSA) is 65.5 Å². The lowest BCUT2D eigenvalue weighted by atomic mass is 10.0. The van der Waals surface area contributed by atoms with Gasteiger partial charge in [-0.3, -0.25) is 9.78 Å². The van der Waals surface area contributed by atoms with Crippen molar-refractivity contribution < 1.29 is 9.90 Å². The van der Waals surface area contributed by atoms with Crippen LogP contribution in [0.1, 0.15) is 46.0 Å². The molecule has 0 unspecified atom stereocenters. The van der Waals surface area contributed by atoms with Crippen LogP contribution in [-0.4, -0.2) is 40.0 Å². The first kappa shape index (κ1) is 22.5. The molecule has 1 amide bonds. The normalized spacial score (nSPS) is 19.0. The van der Waals surface area contributed by atoms with E-state index in [2.05, 4.69) is 10.3 Å². The van der Waals surface area contributed by atoms with Crippen molar-refractivity contribution in [1.29, 1.82) is 0 Å². The molecule has 1 aliphatic rings. The molecule has 1 aromatic heterocycles. The number of pyridine rings is 1. The lowest BCUT2D eigenvalue weighted by Crippen LogP contribution is -2.35. The molecule has 0 bridgehead atoms. The molecule has 0 saturated carbocycles. The minimum Gasteiger partial charge on any atom is -0.387 e. The SMILES string of the molecule is CN(Cc1ccncc1)C(=O)c1ccc(C[C@@H]2CC[C@H]([C@H](O)c3ccc(Cl)cc3)N2)cc1. The molecular formula is C26H28ClN3O2. The summed E-state index contributed by atoms with van der Waals surface area (Å²) in [6, 6.07) is 19.4. The first-order valence-electron chi connectivity index (χ1n) is 10.9. The molecule has 1 saturated heterocycles. The van der Waals surface area contributed by atoms with E-state index in [1.54, 1.807) is 17.3 Å². The molecule has 6 heteroatoms. The molecule has 0 radical (unpaired) electrons. The van der Waals surface area contributed by atoms with Crippen molar-refractivity contribution in [2.45, 2.75) is 44.0 Å². The van der Waals surface area contributed by atoms with Crippen molar-refractivity contribution in [2.24, 2.45) is 0 Å². The van der Waals surface area contributed by atoms with Gasteiger partial charge in [-0.25, -0.2) is 0 Å². The molecule has 1 fully saturated rings. The Bertz CT molecular complexity index is 1030. The van der Waals surface area contributed by atoms with Crippen LogP contribution in [-0.2, 0) is 13.0 Å². The highest BCUT2D eigenvalue weighted by Gasteiger charge is 2.30. The number of hydrogen-bond acceptors (Lipinski definition) is 4. The third kappa shape index (κ3) is 5.54. The van der Waals surface area contributed by atoms with Crippen LogP contribution in [0.15, 0.2) is 73.1 Å². The van der Waals surface area contributed by atoms with Crippen LogP contribution in [0.3, 0.4) is 0 Å². The molecule has 3 aromatic rings. The van der Waals surface area contributed by atoms with E-state index in [-0.39, 0.29) is 11.9 Å².